The molecule has 2 aromatic rings. The Morgan fingerprint density at radius 1 is 0.962 bits per heavy atom. The van der Waals surface area contributed by atoms with E-state index in [4.69, 9.17) is 43.1 Å². The second-order valence-corrected chi connectivity index (χ2v) is 15.0. The van der Waals surface area contributed by atoms with Gasteiger partial charge in [0.25, 0.3) is 0 Å². The smallest absolute Gasteiger partial charge is 0.341 e. The predicted molar refractivity (Wildman–Crippen MR) is 111 cm³/mol. The van der Waals surface area contributed by atoms with E-state index in [1.165, 1.54) is 0 Å². The number of rotatable bonds is 9. The monoisotopic (exact) mass is 428 g/mol. The van der Waals surface area contributed by atoms with Gasteiger partial charge in [-0.25, -0.2) is 4.79 Å². The molecule has 0 saturated carbocycles. The summed E-state index contributed by atoms with van der Waals surface area (Å²) < 4.78 is 5.71. The average Bonchev–Trinajstić information content (AvgIpc) is 2.60. The quantitative estimate of drug-likeness (QED) is 0.221. The second kappa shape index (κ2) is 10.0. The van der Waals surface area contributed by atoms with E-state index in [1.807, 2.05) is 48.5 Å². The topological polar surface area (TPSA) is 46.5 Å². The lowest BCUT2D eigenvalue weighted by Gasteiger charge is -2.09. The van der Waals surface area contributed by atoms with Crippen LogP contribution in [-0.4, -0.2) is 23.7 Å². The van der Waals surface area contributed by atoms with Crippen LogP contribution in [0.5, 0.6) is 5.75 Å². The van der Waals surface area contributed by atoms with Gasteiger partial charge in [0.1, 0.15) is 5.75 Å². The van der Waals surface area contributed by atoms with E-state index in [2.05, 4.69) is 0 Å². The molecule has 138 valence electrons. The van der Waals surface area contributed by atoms with Crippen molar-refractivity contribution in [2.75, 3.05) is 6.61 Å². The van der Waals surface area contributed by atoms with Crippen molar-refractivity contribution in [3.05, 3.63) is 60.2 Å². The van der Waals surface area contributed by atoms with Crippen LogP contribution >= 0.6 is 33.2 Å². The number of ether oxygens (including phenoxy) is 1. The molecule has 0 aliphatic rings. The Morgan fingerprint density at radius 3 is 2.08 bits per heavy atom. The number of aliphatic carboxylic acids is 1. The molecule has 26 heavy (non-hydrogen) atoms. The van der Waals surface area contributed by atoms with Gasteiger partial charge in [-0.05, 0) is 53.8 Å². The summed E-state index contributed by atoms with van der Waals surface area (Å²) in [7, 11) is 0. The van der Waals surface area contributed by atoms with Crippen molar-refractivity contribution in [2.24, 2.45) is 0 Å². The Kier molecular flexibility index (Phi) is 8.03. The molecule has 0 heterocycles. The van der Waals surface area contributed by atoms with E-state index < -0.39 is 12.0 Å². The Morgan fingerprint density at radius 2 is 1.54 bits per heavy atom. The normalized spacial score (nSPS) is 11.7. The van der Waals surface area contributed by atoms with Gasteiger partial charge >= 0.3 is 12.0 Å². The molecule has 1 N–H and O–H groups in total. The van der Waals surface area contributed by atoms with Gasteiger partial charge in [-0.2, -0.15) is 0 Å². The van der Waals surface area contributed by atoms with Crippen molar-refractivity contribution in [1.29, 1.82) is 0 Å². The fraction of sp³-hybridized carbons (Fsp3) is 0.211. The lowest BCUT2D eigenvalue weighted by atomic mass is 10.0. The summed E-state index contributed by atoms with van der Waals surface area (Å²) in [5.74, 6) is -0.153. The number of carboxylic acids is 1. The Hall–Kier alpha value is -1.46. The molecule has 0 radical (unpaired) electrons. The molecule has 2 rings (SSSR count). The molecule has 0 spiro atoms. The van der Waals surface area contributed by atoms with Gasteiger partial charge in [-0.1, -0.05) is 36.4 Å². The molecule has 7 heteroatoms. The molecular formula is C19H19Cl3O3Si. The summed E-state index contributed by atoms with van der Waals surface area (Å²) in [5.41, 5.74) is 2.96. The van der Waals surface area contributed by atoms with Crippen LogP contribution in [0.25, 0.3) is 17.2 Å². The summed E-state index contributed by atoms with van der Waals surface area (Å²) in [5, 5.41) is 8.65. The SMILES string of the molecule is O=C(O)C=Cc1ccc(-c2ccc(OCCCC[Si](Cl)(Cl)Cl)cc2)cc1. The lowest BCUT2D eigenvalue weighted by Crippen LogP contribution is -2.09. The maximum absolute atomic E-state index is 10.5. The van der Waals surface area contributed by atoms with Crippen molar-refractivity contribution < 1.29 is 14.6 Å². The van der Waals surface area contributed by atoms with Gasteiger partial charge in [0.05, 0.1) is 6.61 Å². The summed E-state index contributed by atoms with van der Waals surface area (Å²) in [4.78, 5) is 10.5. The van der Waals surface area contributed by atoms with Crippen LogP contribution in [0.2, 0.25) is 6.04 Å². The lowest BCUT2D eigenvalue weighted by molar-refractivity contribution is -0.131. The van der Waals surface area contributed by atoms with E-state index in [1.54, 1.807) is 6.08 Å². The number of hydrogen-bond donors (Lipinski definition) is 1. The molecule has 0 amide bonds. The molecule has 0 atom stereocenters. The van der Waals surface area contributed by atoms with Crippen LogP contribution in [0.3, 0.4) is 0 Å². The summed E-state index contributed by atoms with van der Waals surface area (Å²) in [6, 6.07) is 13.6. The molecule has 2 aromatic carbocycles. The van der Waals surface area contributed by atoms with E-state index in [-0.39, 0.29) is 0 Å². The van der Waals surface area contributed by atoms with E-state index in [9.17, 15) is 4.79 Å². The summed E-state index contributed by atoms with van der Waals surface area (Å²) >= 11 is 17.5. The number of hydrogen-bond acceptors (Lipinski definition) is 2. The van der Waals surface area contributed by atoms with Crippen molar-refractivity contribution in [1.82, 2.24) is 0 Å². The second-order valence-electron chi connectivity index (χ2n) is 5.74. The Labute approximate surface area is 168 Å². The van der Waals surface area contributed by atoms with Gasteiger partial charge < -0.3 is 9.84 Å². The minimum Gasteiger partial charge on any atom is -0.494 e. The number of unbranched alkanes of at least 4 members (excludes halogenated alkanes) is 1. The molecule has 0 saturated heterocycles. The van der Waals surface area contributed by atoms with E-state index in [0.717, 1.165) is 41.4 Å². The number of halogens is 3. The van der Waals surface area contributed by atoms with Gasteiger partial charge in [0, 0.05) is 6.08 Å². The highest BCUT2D eigenvalue weighted by Gasteiger charge is 2.23. The van der Waals surface area contributed by atoms with Gasteiger partial charge in [-0.15, -0.1) is 33.2 Å². The van der Waals surface area contributed by atoms with Gasteiger partial charge in [0.2, 0.25) is 0 Å². The van der Waals surface area contributed by atoms with Crippen LogP contribution in [0.1, 0.15) is 18.4 Å². The Balaban J connectivity index is 1.86. The summed E-state index contributed by atoms with van der Waals surface area (Å²) in [6.45, 7) is 0.596. The van der Waals surface area contributed by atoms with E-state index >= 15 is 0 Å². The fourth-order valence-electron chi connectivity index (χ4n) is 2.32. The third-order valence-corrected chi connectivity index (χ3v) is 6.26. The van der Waals surface area contributed by atoms with Crippen LogP contribution in [0.4, 0.5) is 0 Å². The van der Waals surface area contributed by atoms with Crippen LogP contribution < -0.4 is 4.74 Å². The third kappa shape index (κ3) is 7.83. The first-order valence-corrected chi connectivity index (χ1v) is 13.4. The highest BCUT2D eigenvalue weighted by Crippen LogP contribution is 2.27. The molecule has 0 unspecified atom stereocenters. The number of benzene rings is 2. The third-order valence-electron chi connectivity index (χ3n) is 3.64. The molecular weight excluding hydrogens is 411 g/mol. The first-order valence-electron chi connectivity index (χ1n) is 8.14. The highest BCUT2D eigenvalue weighted by atomic mass is 35.8. The van der Waals surface area contributed by atoms with Crippen molar-refractivity contribution >= 4 is 51.3 Å². The zero-order chi connectivity index (χ0) is 19.0. The summed E-state index contributed by atoms with van der Waals surface area (Å²) in [6.07, 6.45) is 4.39. The zero-order valence-corrected chi connectivity index (χ0v) is 17.3. The highest BCUT2D eigenvalue weighted by molar-refractivity contribution is 7.64. The largest absolute Gasteiger partial charge is 0.494 e. The van der Waals surface area contributed by atoms with Gasteiger partial charge in [-0.3, -0.25) is 0 Å². The van der Waals surface area contributed by atoms with Crippen molar-refractivity contribution in [3.63, 3.8) is 0 Å². The zero-order valence-electron chi connectivity index (χ0n) is 14.0. The maximum Gasteiger partial charge on any atom is 0.341 e. The van der Waals surface area contributed by atoms with Gasteiger partial charge in [0.15, 0.2) is 0 Å². The van der Waals surface area contributed by atoms with E-state index in [0.29, 0.717) is 12.7 Å². The predicted octanol–water partition coefficient (Wildman–Crippen LogP) is 6.27. The number of carbonyl (C=O) groups is 1. The molecule has 0 aromatic heterocycles. The molecule has 0 bridgehead atoms. The molecule has 3 nitrogen and oxygen atoms in total. The minimum atomic E-state index is -2.52. The average molecular weight is 430 g/mol. The van der Waals surface area contributed by atoms with Crippen molar-refractivity contribution in [3.8, 4) is 16.9 Å². The van der Waals surface area contributed by atoms with Crippen LogP contribution in [0.15, 0.2) is 54.6 Å². The standard InChI is InChI=1S/C19H19Cl3O3Si/c20-26(21,22)14-2-1-13-25-18-10-8-17(9-11-18)16-6-3-15(4-7-16)5-12-19(23)24/h3-12H,1-2,13-14H2,(H,23,24). The number of carboxylic acid groups (broad SMARTS) is 1. The Bertz CT molecular complexity index is 738. The fourth-order valence-corrected chi connectivity index (χ4v) is 4.17. The molecule has 0 aliphatic carbocycles. The maximum atomic E-state index is 10.5. The first kappa shape index (κ1) is 20.8. The molecule has 0 fully saturated rings. The minimum absolute atomic E-state index is 0.596. The molecule has 0 aliphatic heterocycles. The van der Waals surface area contributed by atoms with Crippen LogP contribution in [-0.2, 0) is 4.79 Å². The van der Waals surface area contributed by atoms with Crippen molar-refractivity contribution in [2.45, 2.75) is 18.9 Å². The first-order chi connectivity index (χ1) is 12.3. The van der Waals surface area contributed by atoms with Crippen LogP contribution in [0, 0.1) is 0 Å².